The summed E-state index contributed by atoms with van der Waals surface area (Å²) < 4.78 is 0.488. The third-order valence-corrected chi connectivity index (χ3v) is 4.91. The first kappa shape index (κ1) is 16.5. The van der Waals surface area contributed by atoms with Crippen molar-refractivity contribution in [3.8, 4) is 5.75 Å². The molecule has 3 rings (SSSR count). The van der Waals surface area contributed by atoms with Crippen molar-refractivity contribution in [2.45, 2.75) is 0 Å². The molecule has 1 aliphatic rings. The summed E-state index contributed by atoms with van der Waals surface area (Å²) in [6.07, 6.45) is 1.85. The first-order valence-corrected chi connectivity index (χ1v) is 8.52. The van der Waals surface area contributed by atoms with E-state index in [2.05, 4.69) is 0 Å². The smallest absolute Gasteiger partial charge is 0.270 e. The molecule has 0 radical (unpaired) electrons. The fourth-order valence-corrected chi connectivity index (χ4v) is 3.61. The van der Waals surface area contributed by atoms with E-state index >= 15 is 0 Å². The zero-order valence-electron chi connectivity index (χ0n) is 13.3. The second kappa shape index (κ2) is 6.67. The summed E-state index contributed by atoms with van der Waals surface area (Å²) >= 11 is 6.62. The minimum atomic E-state index is -0.146. The van der Waals surface area contributed by atoms with E-state index in [1.807, 2.05) is 49.3 Å². The number of rotatable bonds is 3. The Morgan fingerprint density at radius 2 is 1.71 bits per heavy atom. The number of thioether (sulfide) groups is 1. The zero-order chi connectivity index (χ0) is 17.3. The fourth-order valence-electron chi connectivity index (χ4n) is 2.31. The van der Waals surface area contributed by atoms with Gasteiger partial charge in [-0.3, -0.25) is 9.69 Å². The first-order chi connectivity index (χ1) is 11.5. The van der Waals surface area contributed by atoms with Gasteiger partial charge in [0.1, 0.15) is 5.75 Å². The molecule has 0 atom stereocenters. The molecule has 0 unspecified atom stereocenters. The highest BCUT2D eigenvalue weighted by Gasteiger charge is 2.33. The third-order valence-electron chi connectivity index (χ3n) is 3.61. The first-order valence-electron chi connectivity index (χ1n) is 7.30. The van der Waals surface area contributed by atoms with E-state index in [4.69, 9.17) is 12.2 Å². The van der Waals surface area contributed by atoms with Crippen molar-refractivity contribution < 1.29 is 9.90 Å². The summed E-state index contributed by atoms with van der Waals surface area (Å²) in [6, 6.07) is 14.4. The molecule has 0 aliphatic carbocycles. The lowest BCUT2D eigenvalue weighted by Gasteiger charge is -2.14. The minimum absolute atomic E-state index is 0.146. The molecule has 122 valence electrons. The summed E-state index contributed by atoms with van der Waals surface area (Å²) in [4.78, 5) is 16.8. The maximum atomic E-state index is 12.7. The van der Waals surface area contributed by atoms with Crippen LogP contribution in [0.25, 0.3) is 6.08 Å². The van der Waals surface area contributed by atoms with Gasteiger partial charge in [-0.2, -0.15) is 0 Å². The monoisotopic (exact) mass is 356 g/mol. The molecule has 2 aromatic carbocycles. The van der Waals surface area contributed by atoms with Crippen LogP contribution in [0.1, 0.15) is 5.56 Å². The number of phenolic OH excluding ortho intramolecular Hbond substituents is 1. The number of thiocarbonyl (C=S) groups is 1. The Bertz CT molecular complexity index is 812. The fraction of sp³-hybridized carbons (Fsp3) is 0.111. The molecule has 1 fully saturated rings. The van der Waals surface area contributed by atoms with E-state index in [1.165, 1.54) is 28.8 Å². The van der Waals surface area contributed by atoms with Crippen molar-refractivity contribution in [2.24, 2.45) is 0 Å². The molecular weight excluding hydrogens is 340 g/mol. The standard InChI is InChI=1S/C18H16N2O2S2/c1-19(2)13-5-3-12(4-6-13)11-16-17(22)20(18(23)24-16)14-7-9-15(21)10-8-14/h3-11,21H,1-2H3. The van der Waals surface area contributed by atoms with Crippen LogP contribution < -0.4 is 9.80 Å². The van der Waals surface area contributed by atoms with Gasteiger partial charge in [0.25, 0.3) is 5.91 Å². The van der Waals surface area contributed by atoms with Crippen LogP contribution in [-0.4, -0.2) is 29.4 Å². The Morgan fingerprint density at radius 3 is 2.29 bits per heavy atom. The van der Waals surface area contributed by atoms with Crippen molar-refractivity contribution in [2.75, 3.05) is 23.9 Å². The number of carbonyl (C=O) groups excluding carboxylic acids is 1. The van der Waals surface area contributed by atoms with Gasteiger partial charge in [-0.15, -0.1) is 0 Å². The van der Waals surface area contributed by atoms with Crippen LogP contribution in [0.2, 0.25) is 0 Å². The van der Waals surface area contributed by atoms with Gasteiger partial charge in [-0.05, 0) is 48.0 Å². The van der Waals surface area contributed by atoms with Crippen LogP contribution in [0.4, 0.5) is 11.4 Å². The van der Waals surface area contributed by atoms with Gasteiger partial charge in [0.05, 0.1) is 10.6 Å². The lowest BCUT2D eigenvalue weighted by molar-refractivity contribution is -0.113. The quantitative estimate of drug-likeness (QED) is 0.668. The molecule has 1 N–H and O–H groups in total. The Kier molecular flexibility index (Phi) is 4.59. The van der Waals surface area contributed by atoms with Gasteiger partial charge in [0.2, 0.25) is 0 Å². The van der Waals surface area contributed by atoms with Gasteiger partial charge in [0, 0.05) is 19.8 Å². The molecule has 6 heteroatoms. The molecule has 1 heterocycles. The summed E-state index contributed by atoms with van der Waals surface area (Å²) in [5.74, 6) is 0.00749. The number of nitrogens with zero attached hydrogens (tertiary/aromatic N) is 2. The SMILES string of the molecule is CN(C)c1ccc(C=C2SC(=S)N(c3ccc(O)cc3)C2=O)cc1. The van der Waals surface area contributed by atoms with Crippen LogP contribution >= 0.6 is 24.0 Å². The molecule has 0 spiro atoms. The third kappa shape index (κ3) is 3.29. The Morgan fingerprint density at radius 1 is 1.08 bits per heavy atom. The zero-order valence-corrected chi connectivity index (χ0v) is 14.9. The predicted octanol–water partition coefficient (Wildman–Crippen LogP) is 3.86. The van der Waals surface area contributed by atoms with E-state index in [1.54, 1.807) is 12.1 Å². The number of hydrogen-bond donors (Lipinski definition) is 1. The van der Waals surface area contributed by atoms with E-state index in [9.17, 15) is 9.90 Å². The van der Waals surface area contributed by atoms with E-state index in [0.717, 1.165) is 11.3 Å². The highest BCUT2D eigenvalue weighted by Crippen LogP contribution is 2.36. The molecular formula is C18H16N2O2S2. The van der Waals surface area contributed by atoms with Crippen molar-refractivity contribution in [1.29, 1.82) is 0 Å². The highest BCUT2D eigenvalue weighted by molar-refractivity contribution is 8.27. The second-order valence-electron chi connectivity index (χ2n) is 5.52. The largest absolute Gasteiger partial charge is 0.508 e. The summed E-state index contributed by atoms with van der Waals surface area (Å²) in [5, 5.41) is 9.38. The average molecular weight is 356 g/mol. The molecule has 0 bridgehead atoms. The topological polar surface area (TPSA) is 43.8 Å². The van der Waals surface area contributed by atoms with E-state index in [-0.39, 0.29) is 11.7 Å². The number of benzene rings is 2. The van der Waals surface area contributed by atoms with Crippen molar-refractivity contribution in [3.05, 3.63) is 59.0 Å². The maximum absolute atomic E-state index is 12.7. The van der Waals surface area contributed by atoms with Crippen molar-refractivity contribution in [3.63, 3.8) is 0 Å². The van der Waals surface area contributed by atoms with Gasteiger partial charge in [-0.1, -0.05) is 36.1 Å². The summed E-state index contributed by atoms with van der Waals surface area (Å²) in [7, 11) is 3.97. The van der Waals surface area contributed by atoms with Crippen LogP contribution in [0, 0.1) is 0 Å². The van der Waals surface area contributed by atoms with Gasteiger partial charge < -0.3 is 10.0 Å². The number of anilines is 2. The van der Waals surface area contributed by atoms with Crippen molar-refractivity contribution >= 4 is 51.7 Å². The van der Waals surface area contributed by atoms with Crippen molar-refractivity contribution in [1.82, 2.24) is 0 Å². The molecule has 1 amide bonds. The molecule has 4 nitrogen and oxygen atoms in total. The molecule has 0 saturated carbocycles. The Labute approximate surface area is 150 Å². The number of phenols is 1. The Hall–Kier alpha value is -2.31. The molecule has 2 aromatic rings. The number of carbonyl (C=O) groups is 1. The van der Waals surface area contributed by atoms with Gasteiger partial charge >= 0.3 is 0 Å². The van der Waals surface area contributed by atoms with Crippen LogP contribution in [0.5, 0.6) is 5.75 Å². The lowest BCUT2D eigenvalue weighted by Crippen LogP contribution is -2.27. The molecule has 1 aliphatic heterocycles. The van der Waals surface area contributed by atoms with E-state index in [0.29, 0.717) is 14.9 Å². The lowest BCUT2D eigenvalue weighted by atomic mass is 10.2. The van der Waals surface area contributed by atoms with Gasteiger partial charge in [0.15, 0.2) is 4.32 Å². The predicted molar refractivity (Wildman–Crippen MR) is 105 cm³/mol. The number of hydrogen-bond acceptors (Lipinski definition) is 5. The number of amides is 1. The van der Waals surface area contributed by atoms with Crippen LogP contribution in [0.3, 0.4) is 0 Å². The minimum Gasteiger partial charge on any atom is -0.508 e. The van der Waals surface area contributed by atoms with Crippen LogP contribution in [0.15, 0.2) is 53.4 Å². The van der Waals surface area contributed by atoms with Crippen LogP contribution in [-0.2, 0) is 4.79 Å². The molecule has 0 aromatic heterocycles. The van der Waals surface area contributed by atoms with E-state index < -0.39 is 0 Å². The summed E-state index contributed by atoms with van der Waals surface area (Å²) in [6.45, 7) is 0. The maximum Gasteiger partial charge on any atom is 0.270 e. The average Bonchev–Trinajstić information content (AvgIpc) is 2.83. The normalized spacial score (nSPS) is 16.1. The van der Waals surface area contributed by atoms with Gasteiger partial charge in [-0.25, -0.2) is 0 Å². The summed E-state index contributed by atoms with van der Waals surface area (Å²) in [5.41, 5.74) is 2.71. The second-order valence-corrected chi connectivity index (χ2v) is 7.20. The highest BCUT2D eigenvalue weighted by atomic mass is 32.2. The molecule has 24 heavy (non-hydrogen) atoms. The molecule has 1 saturated heterocycles. The Balaban J connectivity index is 1.86. The number of aromatic hydroxyl groups is 1.